The fourth-order valence-corrected chi connectivity index (χ4v) is 1.87. The van der Waals surface area contributed by atoms with Gasteiger partial charge in [0.15, 0.2) is 0 Å². The molecule has 1 N–H and O–H groups in total. The van der Waals surface area contributed by atoms with Crippen molar-refractivity contribution >= 4 is 17.7 Å². The average molecular weight is 212 g/mol. The lowest BCUT2D eigenvalue weighted by Crippen LogP contribution is -2.47. The number of carbonyl (C=O) groups excluding carboxylic acids is 3. The van der Waals surface area contributed by atoms with Gasteiger partial charge in [-0.2, -0.15) is 0 Å². The Morgan fingerprint density at radius 1 is 1.60 bits per heavy atom. The maximum absolute atomic E-state index is 11.9. The minimum atomic E-state index is -0.910. The number of urea groups is 1. The van der Waals surface area contributed by atoms with Gasteiger partial charge in [0, 0.05) is 13.0 Å². The van der Waals surface area contributed by atoms with Crippen LogP contribution in [0.3, 0.4) is 0 Å². The molecule has 82 valence electrons. The van der Waals surface area contributed by atoms with E-state index in [-0.39, 0.29) is 24.8 Å². The Hall–Kier alpha value is -1.43. The second-order valence-electron chi connectivity index (χ2n) is 3.91. The Morgan fingerprint density at radius 2 is 2.33 bits per heavy atom. The summed E-state index contributed by atoms with van der Waals surface area (Å²) in [5.41, 5.74) is -0.910. The van der Waals surface area contributed by atoms with Gasteiger partial charge in [-0.3, -0.25) is 14.5 Å². The van der Waals surface area contributed by atoms with Crippen LogP contribution in [-0.2, 0) is 14.3 Å². The summed E-state index contributed by atoms with van der Waals surface area (Å²) in [5, 5.41) is 2.59. The molecule has 1 atom stereocenters. The number of amides is 3. The minimum absolute atomic E-state index is 0.160. The Morgan fingerprint density at radius 3 is 2.87 bits per heavy atom. The molecular formula is C9H12N2O4. The molecule has 0 aliphatic carbocycles. The standard InChI is InChI=1S/C9H12N2O4/c1-6(12)4-11-7(13)9(10-8(11)14)2-3-15-5-9/h2-5H2,1H3,(H,10,14). The molecule has 3 amide bonds. The van der Waals surface area contributed by atoms with E-state index in [1.165, 1.54) is 6.92 Å². The molecule has 2 heterocycles. The number of carbonyl (C=O) groups is 3. The van der Waals surface area contributed by atoms with Gasteiger partial charge in [-0.15, -0.1) is 0 Å². The van der Waals surface area contributed by atoms with Crippen LogP contribution in [-0.4, -0.2) is 47.9 Å². The van der Waals surface area contributed by atoms with E-state index in [2.05, 4.69) is 5.32 Å². The number of ketones is 1. The summed E-state index contributed by atoms with van der Waals surface area (Å²) in [6.07, 6.45) is 0.478. The maximum Gasteiger partial charge on any atom is 0.325 e. The first-order valence-electron chi connectivity index (χ1n) is 4.76. The molecule has 2 aliphatic rings. The number of imide groups is 1. The van der Waals surface area contributed by atoms with E-state index < -0.39 is 11.6 Å². The molecule has 15 heavy (non-hydrogen) atoms. The molecule has 2 saturated heterocycles. The first-order valence-corrected chi connectivity index (χ1v) is 4.76. The van der Waals surface area contributed by atoms with E-state index >= 15 is 0 Å². The van der Waals surface area contributed by atoms with Crippen molar-refractivity contribution in [2.24, 2.45) is 0 Å². The third-order valence-corrected chi connectivity index (χ3v) is 2.65. The lowest BCUT2D eigenvalue weighted by Gasteiger charge is -2.17. The predicted octanol–water partition coefficient (Wildman–Crippen LogP) is -0.714. The van der Waals surface area contributed by atoms with Gasteiger partial charge in [-0.25, -0.2) is 4.79 Å². The predicted molar refractivity (Wildman–Crippen MR) is 49.1 cm³/mol. The van der Waals surface area contributed by atoms with Crippen molar-refractivity contribution in [1.82, 2.24) is 10.2 Å². The van der Waals surface area contributed by atoms with Crippen LogP contribution in [0.2, 0.25) is 0 Å². The Bertz CT molecular complexity index is 333. The van der Waals surface area contributed by atoms with Crippen LogP contribution in [0.25, 0.3) is 0 Å². The van der Waals surface area contributed by atoms with Gasteiger partial charge in [0.25, 0.3) is 5.91 Å². The summed E-state index contributed by atoms with van der Waals surface area (Å²) in [4.78, 5) is 35.2. The fourth-order valence-electron chi connectivity index (χ4n) is 1.87. The highest BCUT2D eigenvalue weighted by Gasteiger charge is 2.53. The lowest BCUT2D eigenvalue weighted by molar-refractivity contribution is -0.134. The summed E-state index contributed by atoms with van der Waals surface area (Å²) < 4.78 is 5.11. The molecule has 6 nitrogen and oxygen atoms in total. The van der Waals surface area contributed by atoms with Gasteiger partial charge in [-0.1, -0.05) is 0 Å². The topological polar surface area (TPSA) is 75.7 Å². The minimum Gasteiger partial charge on any atom is -0.378 e. The highest BCUT2D eigenvalue weighted by molar-refractivity contribution is 6.09. The summed E-state index contributed by atoms with van der Waals surface area (Å²) in [7, 11) is 0. The summed E-state index contributed by atoms with van der Waals surface area (Å²) in [6.45, 7) is 1.84. The van der Waals surface area contributed by atoms with E-state index in [9.17, 15) is 14.4 Å². The largest absolute Gasteiger partial charge is 0.378 e. The van der Waals surface area contributed by atoms with Gasteiger partial charge in [0.2, 0.25) is 0 Å². The molecule has 2 aliphatic heterocycles. The number of Topliss-reactive ketones (excluding diaryl/α,β-unsaturated/α-hetero) is 1. The van der Waals surface area contributed by atoms with Crippen molar-refractivity contribution in [3.63, 3.8) is 0 Å². The Kier molecular flexibility index (Phi) is 2.22. The highest BCUT2D eigenvalue weighted by Crippen LogP contribution is 2.26. The highest BCUT2D eigenvalue weighted by atomic mass is 16.5. The summed E-state index contributed by atoms with van der Waals surface area (Å²) in [5.74, 6) is -0.560. The first kappa shape index (κ1) is 10.1. The molecule has 6 heteroatoms. The monoisotopic (exact) mass is 212 g/mol. The van der Waals surface area contributed by atoms with E-state index in [0.717, 1.165) is 4.90 Å². The second-order valence-corrected chi connectivity index (χ2v) is 3.91. The molecule has 0 aromatic heterocycles. The molecule has 0 aromatic rings. The molecular weight excluding hydrogens is 200 g/mol. The normalized spacial score (nSPS) is 30.1. The smallest absolute Gasteiger partial charge is 0.325 e. The molecule has 1 unspecified atom stereocenters. The average Bonchev–Trinajstić information content (AvgIpc) is 2.69. The molecule has 0 bridgehead atoms. The van der Waals surface area contributed by atoms with E-state index in [1.54, 1.807) is 0 Å². The van der Waals surface area contributed by atoms with Crippen LogP contribution in [0.15, 0.2) is 0 Å². The Balaban J connectivity index is 2.19. The zero-order valence-electron chi connectivity index (χ0n) is 8.41. The van der Waals surface area contributed by atoms with E-state index in [0.29, 0.717) is 13.0 Å². The SMILES string of the molecule is CC(=O)CN1C(=O)NC2(CCOC2)C1=O. The lowest BCUT2D eigenvalue weighted by atomic mass is 9.99. The van der Waals surface area contributed by atoms with Crippen molar-refractivity contribution < 1.29 is 19.1 Å². The van der Waals surface area contributed by atoms with Crippen LogP contribution in [0.5, 0.6) is 0 Å². The molecule has 0 radical (unpaired) electrons. The van der Waals surface area contributed by atoms with E-state index in [1.807, 2.05) is 0 Å². The summed E-state index contributed by atoms with van der Waals surface area (Å²) in [6, 6.07) is -0.499. The number of nitrogens with zero attached hydrogens (tertiary/aromatic N) is 1. The quantitative estimate of drug-likeness (QED) is 0.613. The molecule has 2 fully saturated rings. The molecule has 1 spiro atoms. The maximum atomic E-state index is 11.9. The zero-order chi connectivity index (χ0) is 11.1. The van der Waals surface area contributed by atoms with Crippen molar-refractivity contribution in [1.29, 1.82) is 0 Å². The van der Waals surface area contributed by atoms with E-state index in [4.69, 9.17) is 4.74 Å². The molecule has 2 rings (SSSR count). The molecule has 0 saturated carbocycles. The fraction of sp³-hybridized carbons (Fsp3) is 0.667. The number of hydrogen-bond donors (Lipinski definition) is 1. The second kappa shape index (κ2) is 3.30. The number of ether oxygens (including phenoxy) is 1. The van der Waals surface area contributed by atoms with Crippen molar-refractivity contribution in [2.75, 3.05) is 19.8 Å². The van der Waals surface area contributed by atoms with Gasteiger partial charge < -0.3 is 10.1 Å². The van der Waals surface area contributed by atoms with Crippen LogP contribution in [0, 0.1) is 0 Å². The number of nitrogens with one attached hydrogen (secondary N) is 1. The number of rotatable bonds is 2. The third-order valence-electron chi connectivity index (χ3n) is 2.65. The van der Waals surface area contributed by atoms with Crippen LogP contribution < -0.4 is 5.32 Å². The van der Waals surface area contributed by atoms with Gasteiger partial charge in [0.1, 0.15) is 11.3 Å². The summed E-state index contributed by atoms with van der Waals surface area (Å²) >= 11 is 0. The van der Waals surface area contributed by atoms with Gasteiger partial charge in [0.05, 0.1) is 13.2 Å². The van der Waals surface area contributed by atoms with Crippen molar-refractivity contribution in [3.8, 4) is 0 Å². The zero-order valence-corrected chi connectivity index (χ0v) is 8.41. The first-order chi connectivity index (χ1) is 7.05. The Labute approximate surface area is 86.6 Å². The van der Waals surface area contributed by atoms with Crippen LogP contribution in [0.1, 0.15) is 13.3 Å². The van der Waals surface area contributed by atoms with Crippen molar-refractivity contribution in [3.05, 3.63) is 0 Å². The third kappa shape index (κ3) is 1.50. The number of hydrogen-bond acceptors (Lipinski definition) is 4. The van der Waals surface area contributed by atoms with Crippen LogP contribution in [0.4, 0.5) is 4.79 Å². The van der Waals surface area contributed by atoms with Gasteiger partial charge in [-0.05, 0) is 6.92 Å². The van der Waals surface area contributed by atoms with Crippen LogP contribution >= 0.6 is 0 Å². The molecule has 0 aromatic carbocycles. The van der Waals surface area contributed by atoms with Crippen molar-refractivity contribution in [2.45, 2.75) is 18.9 Å². The van der Waals surface area contributed by atoms with Gasteiger partial charge >= 0.3 is 6.03 Å².